The molecule has 2 aliphatic heterocycles. The number of hydrogen-bond acceptors (Lipinski definition) is 8. The van der Waals surface area contributed by atoms with Crippen LogP contribution in [-0.4, -0.2) is 86.4 Å². The molecule has 7 rings (SSSR count). The van der Waals surface area contributed by atoms with Gasteiger partial charge in [-0.05, 0) is 66.3 Å². The van der Waals surface area contributed by atoms with Crippen molar-refractivity contribution in [2.75, 3.05) is 52.3 Å². The van der Waals surface area contributed by atoms with Gasteiger partial charge in [-0.3, -0.25) is 9.59 Å². The Balaban J connectivity index is 1.34. The minimum Gasteiger partial charge on any atom is -0.497 e. The van der Waals surface area contributed by atoms with Crippen LogP contribution in [0, 0.1) is 0 Å². The van der Waals surface area contributed by atoms with E-state index in [1.54, 1.807) is 36.8 Å². The van der Waals surface area contributed by atoms with Gasteiger partial charge < -0.3 is 19.1 Å². The third-order valence-corrected chi connectivity index (χ3v) is 12.0. The molecule has 2 aromatic heterocycles. The van der Waals surface area contributed by atoms with Crippen molar-refractivity contribution in [3.63, 3.8) is 0 Å². The summed E-state index contributed by atoms with van der Waals surface area (Å²) in [5.41, 5.74) is 5.86. The Morgan fingerprint density at radius 1 is 1.02 bits per heavy atom. The van der Waals surface area contributed by atoms with Gasteiger partial charge in [-0.1, -0.05) is 25.3 Å². The molecule has 13 heteroatoms. The number of carbonyl (C=O) groups excluding carboxylic acids is 2. The number of nitrogens with zero attached hydrogens (tertiary/aromatic N) is 5. The van der Waals surface area contributed by atoms with E-state index >= 15 is 0 Å². The largest absolute Gasteiger partial charge is 0.497 e. The van der Waals surface area contributed by atoms with E-state index in [0.717, 1.165) is 62.8 Å². The van der Waals surface area contributed by atoms with Crippen LogP contribution in [0.3, 0.4) is 0 Å². The topological polar surface area (TPSA) is 117 Å². The SMILES string of the molecule is COc1ccc2c(c1)C=C(C(=O)N1CCN(c3nccs3)CC1)Cn1c-2c(C2CCCCC2)c2ccc(C(=O)NS(=O)(=O)N(C)C)cc21. The van der Waals surface area contributed by atoms with Crippen molar-refractivity contribution >= 4 is 55.5 Å². The van der Waals surface area contributed by atoms with Gasteiger partial charge in [0, 0.05) is 79.5 Å². The minimum atomic E-state index is -3.98. The van der Waals surface area contributed by atoms with Gasteiger partial charge in [-0.25, -0.2) is 9.71 Å². The molecule has 2 aromatic carbocycles. The maximum Gasteiger partial charge on any atom is 0.303 e. The lowest BCUT2D eigenvalue weighted by atomic mass is 9.81. The summed E-state index contributed by atoms with van der Waals surface area (Å²) in [7, 11) is 0.407. The Labute approximate surface area is 285 Å². The Bertz CT molecular complexity index is 2000. The van der Waals surface area contributed by atoms with Crippen molar-refractivity contribution in [3.8, 4) is 17.0 Å². The summed E-state index contributed by atoms with van der Waals surface area (Å²) in [5, 5.41) is 3.95. The average molecular weight is 689 g/mol. The van der Waals surface area contributed by atoms with Crippen molar-refractivity contribution in [3.05, 3.63) is 70.2 Å². The second-order valence-corrected chi connectivity index (χ2v) is 15.6. The van der Waals surface area contributed by atoms with Crippen LogP contribution in [0.1, 0.15) is 59.5 Å². The number of piperazine rings is 1. The normalized spacial score (nSPS) is 17.1. The predicted octanol–water partition coefficient (Wildman–Crippen LogP) is 5.10. The van der Waals surface area contributed by atoms with Crippen LogP contribution in [0.15, 0.2) is 53.5 Å². The summed E-state index contributed by atoms with van der Waals surface area (Å²) in [6.07, 6.45) is 9.41. The van der Waals surface area contributed by atoms with Crippen molar-refractivity contribution in [2.24, 2.45) is 0 Å². The Morgan fingerprint density at radius 2 is 1.79 bits per heavy atom. The quantitative estimate of drug-likeness (QED) is 0.287. The first kappa shape index (κ1) is 32.4. The average Bonchev–Trinajstić information content (AvgIpc) is 3.71. The van der Waals surface area contributed by atoms with Gasteiger partial charge in [0.25, 0.3) is 11.8 Å². The van der Waals surface area contributed by atoms with E-state index in [1.165, 1.54) is 26.1 Å². The number of benzene rings is 2. The van der Waals surface area contributed by atoms with Crippen molar-refractivity contribution in [2.45, 2.75) is 44.6 Å². The molecule has 252 valence electrons. The molecule has 48 heavy (non-hydrogen) atoms. The van der Waals surface area contributed by atoms with Crippen LogP contribution in [-0.2, 0) is 21.5 Å². The molecule has 1 saturated carbocycles. The molecule has 0 radical (unpaired) electrons. The number of rotatable bonds is 7. The molecular weight excluding hydrogens is 649 g/mol. The third-order valence-electron chi connectivity index (χ3n) is 9.79. The van der Waals surface area contributed by atoms with Gasteiger partial charge in [-0.15, -0.1) is 11.3 Å². The summed E-state index contributed by atoms with van der Waals surface area (Å²) in [4.78, 5) is 36.2. The molecule has 0 spiro atoms. The summed E-state index contributed by atoms with van der Waals surface area (Å²) < 4.78 is 36.0. The van der Waals surface area contributed by atoms with E-state index in [4.69, 9.17) is 4.74 Å². The molecule has 1 saturated heterocycles. The Kier molecular flexibility index (Phi) is 8.77. The molecule has 0 atom stereocenters. The van der Waals surface area contributed by atoms with Gasteiger partial charge in [0.15, 0.2) is 5.13 Å². The smallest absolute Gasteiger partial charge is 0.303 e. The third kappa shape index (κ3) is 5.99. The molecule has 0 unspecified atom stereocenters. The molecule has 2 fully saturated rings. The molecule has 1 N–H and O–H groups in total. The van der Waals surface area contributed by atoms with E-state index in [1.807, 2.05) is 34.6 Å². The summed E-state index contributed by atoms with van der Waals surface area (Å²) in [6, 6.07) is 11.4. The molecule has 3 aliphatic rings. The predicted molar refractivity (Wildman–Crippen MR) is 189 cm³/mol. The molecule has 4 aromatic rings. The Hall–Kier alpha value is -4.20. The highest BCUT2D eigenvalue weighted by molar-refractivity contribution is 7.87. The second kappa shape index (κ2) is 13.0. The first-order chi connectivity index (χ1) is 23.1. The number of aromatic nitrogens is 2. The van der Waals surface area contributed by atoms with Gasteiger partial charge in [0.2, 0.25) is 0 Å². The van der Waals surface area contributed by atoms with Gasteiger partial charge in [-0.2, -0.15) is 12.7 Å². The number of carbonyl (C=O) groups is 2. The first-order valence-electron chi connectivity index (χ1n) is 16.4. The molecule has 11 nitrogen and oxygen atoms in total. The number of thiazole rings is 1. The highest BCUT2D eigenvalue weighted by Crippen LogP contribution is 2.47. The number of methoxy groups -OCH3 is 1. The fourth-order valence-electron chi connectivity index (χ4n) is 7.26. The van der Waals surface area contributed by atoms with Gasteiger partial charge >= 0.3 is 10.2 Å². The fraction of sp³-hybridized carbons (Fsp3) is 0.400. The highest BCUT2D eigenvalue weighted by Gasteiger charge is 2.32. The minimum absolute atomic E-state index is 0.0255. The van der Waals surface area contributed by atoms with Crippen LogP contribution in [0.25, 0.3) is 28.2 Å². The van der Waals surface area contributed by atoms with Crippen LogP contribution in [0.4, 0.5) is 5.13 Å². The molecular formula is C35H40N6O5S2. The number of hydrogen-bond donors (Lipinski definition) is 1. The summed E-state index contributed by atoms with van der Waals surface area (Å²) in [6.45, 7) is 2.88. The van der Waals surface area contributed by atoms with E-state index in [2.05, 4.69) is 25.2 Å². The number of ether oxygens (including phenoxy) is 1. The molecule has 0 bridgehead atoms. The van der Waals surface area contributed by atoms with Crippen LogP contribution in [0.2, 0.25) is 0 Å². The highest BCUT2D eigenvalue weighted by atomic mass is 32.2. The zero-order chi connectivity index (χ0) is 33.6. The summed E-state index contributed by atoms with van der Waals surface area (Å²) >= 11 is 1.60. The standard InChI is InChI=1S/C35H40N6O5S2/c1-38(2)48(44,45)37-33(42)24-9-11-29-30(21-24)41-22-26(34(43)39-14-16-40(17-15-39)35-36-13-18-47-35)19-25-20-27(46-3)10-12-28(25)32(41)31(29)23-7-5-4-6-8-23/h9-13,18-21,23H,4-8,14-17,22H2,1-3H3,(H,37,42). The Morgan fingerprint density at radius 3 is 2.48 bits per heavy atom. The lowest BCUT2D eigenvalue weighted by molar-refractivity contribution is -0.127. The van der Waals surface area contributed by atoms with Crippen LogP contribution >= 0.6 is 11.3 Å². The van der Waals surface area contributed by atoms with E-state index in [9.17, 15) is 18.0 Å². The van der Waals surface area contributed by atoms with E-state index in [0.29, 0.717) is 50.0 Å². The van der Waals surface area contributed by atoms with Gasteiger partial charge in [0.05, 0.1) is 19.3 Å². The zero-order valence-electron chi connectivity index (χ0n) is 27.4. The number of anilines is 1. The number of nitrogens with one attached hydrogen (secondary N) is 1. The maximum atomic E-state index is 14.4. The second-order valence-electron chi connectivity index (χ2n) is 12.9. The van der Waals surface area contributed by atoms with E-state index < -0.39 is 16.1 Å². The molecule has 4 heterocycles. The van der Waals surface area contributed by atoms with Gasteiger partial charge in [0.1, 0.15) is 5.75 Å². The lowest BCUT2D eigenvalue weighted by Crippen LogP contribution is -2.49. The lowest BCUT2D eigenvalue weighted by Gasteiger charge is -2.35. The monoisotopic (exact) mass is 688 g/mol. The molecule has 1 aliphatic carbocycles. The van der Waals surface area contributed by atoms with Crippen molar-refractivity contribution < 1.29 is 22.7 Å². The number of fused-ring (bicyclic) bond motifs is 5. The van der Waals surface area contributed by atoms with E-state index in [-0.39, 0.29) is 11.5 Å². The van der Waals surface area contributed by atoms with Crippen LogP contribution in [0.5, 0.6) is 5.75 Å². The maximum absolute atomic E-state index is 14.4. The summed E-state index contributed by atoms with van der Waals surface area (Å²) in [5.74, 6) is 0.294. The first-order valence-corrected chi connectivity index (χ1v) is 18.7. The molecule has 2 amide bonds. The fourth-order valence-corrected chi connectivity index (χ4v) is 8.49. The van der Waals surface area contributed by atoms with Crippen molar-refractivity contribution in [1.29, 1.82) is 0 Å². The van der Waals surface area contributed by atoms with Crippen LogP contribution < -0.4 is 14.4 Å². The number of amides is 2. The van der Waals surface area contributed by atoms with Crippen molar-refractivity contribution in [1.82, 2.24) is 23.5 Å². The zero-order valence-corrected chi connectivity index (χ0v) is 29.1.